The fraction of sp³-hybridized carbons (Fsp3) is 0.955. The third kappa shape index (κ3) is 2.14. The monoisotopic (exact) mass is 332 g/mol. The zero-order valence-corrected chi connectivity index (χ0v) is 16.4. The van der Waals surface area contributed by atoms with E-state index >= 15 is 0 Å². The molecule has 2 nitrogen and oxygen atoms in total. The van der Waals surface area contributed by atoms with E-state index in [0.29, 0.717) is 23.2 Å². The molecule has 0 bridgehead atoms. The van der Waals surface area contributed by atoms with Crippen LogP contribution in [0.2, 0.25) is 0 Å². The summed E-state index contributed by atoms with van der Waals surface area (Å²) in [6, 6.07) is 0. The number of fused-ring (bicyclic) bond motifs is 5. The van der Waals surface area contributed by atoms with Crippen molar-refractivity contribution >= 4 is 5.78 Å². The van der Waals surface area contributed by atoms with Gasteiger partial charge in [0.1, 0.15) is 5.78 Å². The molecule has 4 aliphatic rings. The molecule has 0 aromatic rings. The number of ether oxygens (including phenoxy) is 1. The fourth-order valence-corrected chi connectivity index (χ4v) is 7.83. The molecule has 4 rings (SSSR count). The molecule has 24 heavy (non-hydrogen) atoms. The van der Waals surface area contributed by atoms with Crippen molar-refractivity contribution in [2.24, 2.45) is 39.9 Å². The number of hydrogen-bond donors (Lipinski definition) is 0. The summed E-state index contributed by atoms with van der Waals surface area (Å²) < 4.78 is 5.70. The normalized spacial score (nSPS) is 53.2. The van der Waals surface area contributed by atoms with Crippen molar-refractivity contribution in [2.75, 3.05) is 7.11 Å². The summed E-state index contributed by atoms with van der Waals surface area (Å²) in [6.07, 6.45) is 10.6. The van der Waals surface area contributed by atoms with E-state index in [4.69, 9.17) is 4.74 Å². The van der Waals surface area contributed by atoms with Crippen LogP contribution in [0, 0.1) is 39.9 Å². The summed E-state index contributed by atoms with van der Waals surface area (Å²) in [7, 11) is 1.89. The molecule has 7 atom stereocenters. The van der Waals surface area contributed by atoms with Crippen LogP contribution >= 0.6 is 0 Å². The summed E-state index contributed by atoms with van der Waals surface area (Å²) >= 11 is 0. The van der Waals surface area contributed by atoms with Crippen LogP contribution in [-0.4, -0.2) is 19.0 Å². The average molecular weight is 333 g/mol. The lowest BCUT2D eigenvalue weighted by Gasteiger charge is -2.60. The quantitative estimate of drug-likeness (QED) is 0.655. The Morgan fingerprint density at radius 2 is 1.71 bits per heavy atom. The summed E-state index contributed by atoms with van der Waals surface area (Å²) in [5.74, 6) is 3.67. The minimum absolute atomic E-state index is 0.0302. The predicted molar refractivity (Wildman–Crippen MR) is 96.7 cm³/mol. The van der Waals surface area contributed by atoms with Gasteiger partial charge in [-0.15, -0.1) is 0 Å². The van der Waals surface area contributed by atoms with Crippen molar-refractivity contribution in [3.8, 4) is 0 Å². The van der Waals surface area contributed by atoms with Crippen molar-refractivity contribution in [1.29, 1.82) is 0 Å². The molecular formula is C22H36O2. The Morgan fingerprint density at radius 3 is 2.42 bits per heavy atom. The van der Waals surface area contributed by atoms with E-state index in [-0.39, 0.29) is 10.8 Å². The maximum Gasteiger partial charge on any atom is 0.144 e. The highest BCUT2D eigenvalue weighted by molar-refractivity contribution is 5.92. The molecule has 0 amide bonds. The van der Waals surface area contributed by atoms with E-state index in [1.165, 1.54) is 38.5 Å². The van der Waals surface area contributed by atoms with E-state index in [2.05, 4.69) is 27.7 Å². The van der Waals surface area contributed by atoms with Crippen LogP contribution in [0.25, 0.3) is 0 Å². The van der Waals surface area contributed by atoms with Gasteiger partial charge in [0.05, 0.1) is 6.10 Å². The highest BCUT2D eigenvalue weighted by atomic mass is 16.5. The molecule has 0 aromatic heterocycles. The van der Waals surface area contributed by atoms with E-state index in [9.17, 15) is 4.79 Å². The van der Waals surface area contributed by atoms with Crippen LogP contribution in [0.5, 0.6) is 0 Å². The number of carbonyl (C=O) groups excluding carboxylic acids is 1. The van der Waals surface area contributed by atoms with Gasteiger partial charge in [-0.2, -0.15) is 0 Å². The zero-order valence-electron chi connectivity index (χ0n) is 16.4. The molecule has 0 N–H and O–H groups in total. The molecule has 0 aliphatic heterocycles. The minimum Gasteiger partial charge on any atom is -0.381 e. The van der Waals surface area contributed by atoms with Crippen LogP contribution in [0.4, 0.5) is 0 Å². The number of carbonyl (C=O) groups is 1. The predicted octanol–water partition coefficient (Wildman–Crippen LogP) is 5.25. The average Bonchev–Trinajstić information content (AvgIpc) is 2.73. The molecule has 7 unspecified atom stereocenters. The van der Waals surface area contributed by atoms with E-state index < -0.39 is 0 Å². The van der Waals surface area contributed by atoms with Crippen LogP contribution in [0.15, 0.2) is 0 Å². The summed E-state index contributed by atoms with van der Waals surface area (Å²) in [5.41, 5.74) is 0.367. The van der Waals surface area contributed by atoms with Crippen molar-refractivity contribution < 1.29 is 9.53 Å². The smallest absolute Gasteiger partial charge is 0.144 e. The van der Waals surface area contributed by atoms with E-state index in [1.54, 1.807) is 0 Å². The van der Waals surface area contributed by atoms with Crippen molar-refractivity contribution in [3.05, 3.63) is 0 Å². The Balaban J connectivity index is 1.63. The van der Waals surface area contributed by atoms with Gasteiger partial charge in [0.2, 0.25) is 0 Å². The van der Waals surface area contributed by atoms with E-state index in [0.717, 1.165) is 30.6 Å². The molecule has 0 saturated heterocycles. The maximum absolute atomic E-state index is 13.1. The Hall–Kier alpha value is -0.370. The Labute approximate surface area is 148 Å². The molecule has 136 valence electrons. The zero-order chi connectivity index (χ0) is 17.3. The van der Waals surface area contributed by atoms with Crippen LogP contribution in [0.3, 0.4) is 0 Å². The first-order chi connectivity index (χ1) is 11.2. The van der Waals surface area contributed by atoms with Gasteiger partial charge in [0.15, 0.2) is 0 Å². The maximum atomic E-state index is 13.1. The summed E-state index contributed by atoms with van der Waals surface area (Å²) in [6.45, 7) is 9.29. The number of methoxy groups -OCH3 is 1. The first-order valence-electron chi connectivity index (χ1n) is 10.3. The molecule has 4 saturated carbocycles. The first kappa shape index (κ1) is 17.1. The van der Waals surface area contributed by atoms with Gasteiger partial charge in [0.25, 0.3) is 0 Å². The molecule has 0 heterocycles. The molecule has 4 fully saturated rings. The van der Waals surface area contributed by atoms with Crippen molar-refractivity contribution in [2.45, 2.75) is 85.2 Å². The summed E-state index contributed by atoms with van der Waals surface area (Å²) in [4.78, 5) is 13.1. The topological polar surface area (TPSA) is 26.3 Å². The Bertz CT molecular complexity index is 538. The second-order valence-electron chi connectivity index (χ2n) is 10.7. The number of rotatable bonds is 1. The molecule has 0 spiro atoms. The fourth-order valence-electron chi connectivity index (χ4n) is 7.83. The lowest BCUT2D eigenvalue weighted by Crippen LogP contribution is -2.54. The lowest BCUT2D eigenvalue weighted by atomic mass is 9.45. The van der Waals surface area contributed by atoms with E-state index in [1.807, 2.05) is 7.11 Å². The highest BCUT2D eigenvalue weighted by Crippen LogP contribution is 2.67. The molecule has 4 aliphatic carbocycles. The van der Waals surface area contributed by atoms with Gasteiger partial charge in [-0.05, 0) is 80.5 Å². The van der Waals surface area contributed by atoms with Gasteiger partial charge in [-0.3, -0.25) is 4.79 Å². The Kier molecular flexibility index (Phi) is 3.78. The third-order valence-corrected chi connectivity index (χ3v) is 9.20. The SMILES string of the molecule is COC1CCC2(C)C(CCC3C4CC(C)(C)C(=O)C4(C)CCC32)C1. The second-order valence-corrected chi connectivity index (χ2v) is 10.7. The van der Waals surface area contributed by atoms with Gasteiger partial charge in [0, 0.05) is 17.9 Å². The second kappa shape index (κ2) is 5.32. The van der Waals surface area contributed by atoms with Crippen molar-refractivity contribution in [1.82, 2.24) is 0 Å². The molecule has 0 aromatic carbocycles. The van der Waals surface area contributed by atoms with Crippen molar-refractivity contribution in [3.63, 3.8) is 0 Å². The van der Waals surface area contributed by atoms with Crippen LogP contribution < -0.4 is 0 Å². The standard InChI is InChI=1S/C22H36O2/c1-20(2)13-18-16-7-6-14-12-15(24-5)8-10-21(14,3)17(16)9-11-22(18,4)19(20)23/h14-18H,6-13H2,1-5H3. The number of ketones is 1. The van der Waals surface area contributed by atoms with Crippen LogP contribution in [0.1, 0.15) is 79.1 Å². The highest BCUT2D eigenvalue weighted by Gasteiger charge is 2.64. The molecule has 0 radical (unpaired) electrons. The van der Waals surface area contributed by atoms with Crippen LogP contribution in [-0.2, 0) is 9.53 Å². The van der Waals surface area contributed by atoms with Gasteiger partial charge < -0.3 is 4.74 Å². The Morgan fingerprint density at radius 1 is 0.958 bits per heavy atom. The molecular weight excluding hydrogens is 296 g/mol. The number of Topliss-reactive ketones (excluding diaryl/α,β-unsaturated/α-hetero) is 1. The van der Waals surface area contributed by atoms with Gasteiger partial charge in [-0.1, -0.05) is 27.7 Å². The lowest BCUT2D eigenvalue weighted by molar-refractivity contribution is -0.145. The molecule has 2 heteroatoms. The third-order valence-electron chi connectivity index (χ3n) is 9.20. The van der Waals surface area contributed by atoms with Gasteiger partial charge in [-0.25, -0.2) is 0 Å². The number of hydrogen-bond acceptors (Lipinski definition) is 2. The first-order valence-corrected chi connectivity index (χ1v) is 10.3. The largest absolute Gasteiger partial charge is 0.381 e. The van der Waals surface area contributed by atoms with Gasteiger partial charge >= 0.3 is 0 Å². The minimum atomic E-state index is -0.0974. The summed E-state index contributed by atoms with van der Waals surface area (Å²) in [5, 5.41) is 0.